The summed E-state index contributed by atoms with van der Waals surface area (Å²) in [5, 5.41) is 21.3. The minimum Gasteiger partial charge on any atom is -0.507 e. The van der Waals surface area contributed by atoms with Crippen LogP contribution in [0.5, 0.6) is 17.2 Å². The van der Waals surface area contributed by atoms with Crippen molar-refractivity contribution in [2.24, 2.45) is 0 Å². The molecule has 5 nitrogen and oxygen atoms in total. The Hall–Kier alpha value is -3.99. The highest BCUT2D eigenvalue weighted by Crippen LogP contribution is 2.43. The SMILES string of the molecule is COc1cc2c(O)cc(C(=O)O)c(-c3ccc(-c4ccccc4)cc3)c2cc1OC. The number of carbonyl (C=O) groups is 1. The molecule has 0 aromatic heterocycles. The molecule has 4 aromatic carbocycles. The zero-order chi connectivity index (χ0) is 21.3. The molecule has 0 spiro atoms. The fourth-order valence-electron chi connectivity index (χ4n) is 3.67. The van der Waals surface area contributed by atoms with Gasteiger partial charge in [0, 0.05) is 10.9 Å². The van der Waals surface area contributed by atoms with Gasteiger partial charge in [0.25, 0.3) is 0 Å². The van der Waals surface area contributed by atoms with Crippen molar-refractivity contribution >= 4 is 16.7 Å². The molecule has 5 heteroatoms. The van der Waals surface area contributed by atoms with Crippen LogP contribution < -0.4 is 9.47 Å². The summed E-state index contributed by atoms with van der Waals surface area (Å²) in [6, 6.07) is 22.2. The van der Waals surface area contributed by atoms with Gasteiger partial charge in [-0.1, -0.05) is 54.6 Å². The minimum absolute atomic E-state index is 0.0136. The molecule has 0 fully saturated rings. The third-order valence-electron chi connectivity index (χ3n) is 5.13. The standard InChI is InChI=1S/C25H20O5/c1-29-22-13-18-19(14-23(22)30-2)24(20(25(27)28)12-21(18)26)17-10-8-16(9-11-17)15-6-4-3-5-7-15/h3-14,26H,1-2H3,(H,27,28). The molecule has 0 atom stereocenters. The van der Waals surface area contributed by atoms with Crippen LogP contribution in [0.15, 0.2) is 72.8 Å². The summed E-state index contributed by atoms with van der Waals surface area (Å²) < 4.78 is 10.7. The van der Waals surface area contributed by atoms with Crippen LogP contribution in [0.25, 0.3) is 33.0 Å². The third kappa shape index (κ3) is 3.31. The Balaban J connectivity index is 1.97. The molecule has 0 radical (unpaired) electrons. The molecule has 0 aliphatic carbocycles. The van der Waals surface area contributed by atoms with Crippen LogP contribution in [0.2, 0.25) is 0 Å². The smallest absolute Gasteiger partial charge is 0.336 e. The van der Waals surface area contributed by atoms with Crippen LogP contribution >= 0.6 is 0 Å². The van der Waals surface area contributed by atoms with E-state index < -0.39 is 5.97 Å². The van der Waals surface area contributed by atoms with E-state index in [1.807, 2.05) is 54.6 Å². The van der Waals surface area contributed by atoms with Crippen LogP contribution in [0.4, 0.5) is 0 Å². The molecule has 4 rings (SSSR count). The van der Waals surface area contributed by atoms with E-state index >= 15 is 0 Å². The van der Waals surface area contributed by atoms with Gasteiger partial charge in [0.05, 0.1) is 19.8 Å². The Bertz CT molecular complexity index is 1230. The molecule has 0 unspecified atom stereocenters. The molecular formula is C25H20O5. The van der Waals surface area contributed by atoms with Crippen molar-refractivity contribution in [2.75, 3.05) is 14.2 Å². The first kappa shape index (κ1) is 19.3. The number of carboxylic acids is 1. The normalized spacial score (nSPS) is 10.7. The molecule has 2 N–H and O–H groups in total. The summed E-state index contributed by atoms with van der Waals surface area (Å²) in [6.07, 6.45) is 0. The van der Waals surface area contributed by atoms with Crippen molar-refractivity contribution in [3.8, 4) is 39.5 Å². The summed E-state index contributed by atoms with van der Waals surface area (Å²) in [4.78, 5) is 12.0. The summed E-state index contributed by atoms with van der Waals surface area (Å²) >= 11 is 0. The number of hydrogen-bond donors (Lipinski definition) is 2. The van der Waals surface area contributed by atoms with Crippen molar-refractivity contribution in [3.63, 3.8) is 0 Å². The number of aromatic hydroxyl groups is 1. The summed E-state index contributed by atoms with van der Waals surface area (Å²) in [7, 11) is 3.02. The van der Waals surface area contributed by atoms with Crippen molar-refractivity contribution in [1.82, 2.24) is 0 Å². The van der Waals surface area contributed by atoms with E-state index in [9.17, 15) is 15.0 Å². The maximum atomic E-state index is 12.0. The molecule has 0 saturated carbocycles. The van der Waals surface area contributed by atoms with Crippen LogP contribution in [-0.4, -0.2) is 30.4 Å². The number of phenolic OH excluding ortho intramolecular Hbond substituents is 1. The molecule has 0 saturated heterocycles. The lowest BCUT2D eigenvalue weighted by Gasteiger charge is -2.16. The third-order valence-corrected chi connectivity index (χ3v) is 5.13. The Kier molecular flexibility index (Phi) is 5.02. The maximum Gasteiger partial charge on any atom is 0.336 e. The lowest BCUT2D eigenvalue weighted by molar-refractivity contribution is 0.0697. The molecule has 0 bridgehead atoms. The molecule has 4 aromatic rings. The molecule has 0 aliphatic heterocycles. The van der Waals surface area contributed by atoms with E-state index in [1.54, 1.807) is 12.1 Å². The molecule has 30 heavy (non-hydrogen) atoms. The quantitative estimate of drug-likeness (QED) is 0.456. The predicted octanol–water partition coefficient (Wildman–Crippen LogP) is 5.59. The first-order valence-corrected chi connectivity index (χ1v) is 9.34. The van der Waals surface area contributed by atoms with Gasteiger partial charge in [-0.25, -0.2) is 4.79 Å². The average Bonchev–Trinajstić information content (AvgIpc) is 2.78. The fraction of sp³-hybridized carbons (Fsp3) is 0.0800. The van der Waals surface area contributed by atoms with Crippen molar-refractivity contribution in [2.45, 2.75) is 0 Å². The van der Waals surface area contributed by atoms with E-state index in [-0.39, 0.29) is 11.3 Å². The monoisotopic (exact) mass is 400 g/mol. The van der Waals surface area contributed by atoms with Crippen molar-refractivity contribution < 1.29 is 24.5 Å². The molecular weight excluding hydrogens is 380 g/mol. The van der Waals surface area contributed by atoms with Gasteiger partial charge >= 0.3 is 5.97 Å². The molecule has 0 heterocycles. The van der Waals surface area contributed by atoms with Crippen LogP contribution in [-0.2, 0) is 0 Å². The van der Waals surface area contributed by atoms with Crippen LogP contribution in [0.3, 0.4) is 0 Å². The zero-order valence-electron chi connectivity index (χ0n) is 16.5. The van der Waals surface area contributed by atoms with E-state index in [4.69, 9.17) is 9.47 Å². The largest absolute Gasteiger partial charge is 0.507 e. The summed E-state index contributed by atoms with van der Waals surface area (Å²) in [6.45, 7) is 0. The number of ether oxygens (including phenoxy) is 2. The topological polar surface area (TPSA) is 76.0 Å². The second kappa shape index (κ2) is 7.79. The van der Waals surface area contributed by atoms with Gasteiger partial charge in [0.1, 0.15) is 5.75 Å². The zero-order valence-corrected chi connectivity index (χ0v) is 16.5. The number of phenols is 1. The highest BCUT2D eigenvalue weighted by molar-refractivity contribution is 6.10. The summed E-state index contributed by atoms with van der Waals surface area (Å²) in [5.74, 6) is -0.347. The Morgan fingerprint density at radius 2 is 1.27 bits per heavy atom. The second-order valence-corrected chi connectivity index (χ2v) is 6.82. The lowest BCUT2D eigenvalue weighted by Crippen LogP contribution is -2.01. The van der Waals surface area contributed by atoms with Gasteiger partial charge in [-0.2, -0.15) is 0 Å². The van der Waals surface area contributed by atoms with Gasteiger partial charge in [-0.3, -0.25) is 0 Å². The number of rotatable bonds is 5. The number of aromatic carboxylic acids is 1. The van der Waals surface area contributed by atoms with Gasteiger partial charge in [-0.05, 0) is 40.3 Å². The molecule has 0 amide bonds. The number of fused-ring (bicyclic) bond motifs is 1. The number of methoxy groups -OCH3 is 2. The van der Waals surface area contributed by atoms with Crippen LogP contribution in [0, 0.1) is 0 Å². The van der Waals surface area contributed by atoms with Gasteiger partial charge in [0.15, 0.2) is 11.5 Å². The predicted molar refractivity (Wildman–Crippen MR) is 117 cm³/mol. The average molecular weight is 400 g/mol. The van der Waals surface area contributed by atoms with Crippen molar-refractivity contribution in [3.05, 3.63) is 78.4 Å². The number of hydrogen-bond acceptors (Lipinski definition) is 4. The highest BCUT2D eigenvalue weighted by atomic mass is 16.5. The first-order valence-electron chi connectivity index (χ1n) is 9.34. The van der Waals surface area contributed by atoms with E-state index in [0.29, 0.717) is 27.8 Å². The first-order chi connectivity index (χ1) is 14.5. The minimum atomic E-state index is -1.12. The highest BCUT2D eigenvalue weighted by Gasteiger charge is 2.20. The molecule has 0 aliphatic rings. The fourth-order valence-corrected chi connectivity index (χ4v) is 3.67. The van der Waals surface area contributed by atoms with Gasteiger partial charge < -0.3 is 19.7 Å². The van der Waals surface area contributed by atoms with E-state index in [2.05, 4.69) is 0 Å². The van der Waals surface area contributed by atoms with Gasteiger partial charge in [-0.15, -0.1) is 0 Å². The van der Waals surface area contributed by atoms with E-state index in [1.165, 1.54) is 20.3 Å². The maximum absolute atomic E-state index is 12.0. The van der Waals surface area contributed by atoms with Gasteiger partial charge in [0.2, 0.25) is 0 Å². The van der Waals surface area contributed by atoms with E-state index in [0.717, 1.165) is 16.7 Å². The number of carboxylic acid groups (broad SMARTS) is 1. The Labute approximate surface area is 173 Å². The molecule has 150 valence electrons. The van der Waals surface area contributed by atoms with Crippen LogP contribution in [0.1, 0.15) is 10.4 Å². The lowest BCUT2D eigenvalue weighted by atomic mass is 9.91. The number of benzene rings is 4. The van der Waals surface area contributed by atoms with Crippen molar-refractivity contribution in [1.29, 1.82) is 0 Å². The Morgan fingerprint density at radius 1 is 0.733 bits per heavy atom. The second-order valence-electron chi connectivity index (χ2n) is 6.82. The Morgan fingerprint density at radius 3 is 1.83 bits per heavy atom. The summed E-state index contributed by atoms with van der Waals surface area (Å²) in [5.41, 5.74) is 3.35.